The highest BCUT2D eigenvalue weighted by Crippen LogP contribution is 2.21. The lowest BCUT2D eigenvalue weighted by molar-refractivity contribution is 0.370. The number of thiazole rings is 1. The molecule has 71 valence electrons. The topological polar surface area (TPSA) is 34.5 Å². The highest BCUT2D eigenvalue weighted by atomic mass is 32.1. The van der Waals surface area contributed by atoms with Gasteiger partial charge < -0.3 is 4.76 Å². The Labute approximate surface area is 91.7 Å². The fraction of sp³-hybridized carbons (Fsp3) is 0. The van der Waals surface area contributed by atoms with Gasteiger partial charge in [-0.2, -0.15) is 0 Å². The summed E-state index contributed by atoms with van der Waals surface area (Å²) in [7, 11) is 1.64. The number of fused-ring (bicyclic) bond motifs is 1. The minimum absolute atomic E-state index is 1.03. The molecule has 1 aliphatic rings. The molecule has 0 spiro atoms. The van der Waals surface area contributed by atoms with Crippen molar-refractivity contribution in [1.29, 1.82) is 0 Å². The van der Waals surface area contributed by atoms with Gasteiger partial charge in [0.2, 0.25) is 0 Å². The molecule has 1 aromatic heterocycles. The Morgan fingerprint density at radius 2 is 2.33 bits per heavy atom. The first-order valence-corrected chi connectivity index (χ1v) is 5.38. The number of hydrogen-bond donors (Lipinski definition) is 0. The number of oxime groups is 1. The van der Waals surface area contributed by atoms with E-state index < -0.39 is 0 Å². The summed E-state index contributed by atoms with van der Waals surface area (Å²) >= 11 is 1.63. The lowest BCUT2D eigenvalue weighted by atomic mass is 9.83. The molecule has 0 bridgehead atoms. The van der Waals surface area contributed by atoms with E-state index in [1.54, 1.807) is 25.0 Å². The predicted octanol–water partition coefficient (Wildman–Crippen LogP) is 1.42. The summed E-state index contributed by atoms with van der Waals surface area (Å²) in [5, 5.41) is 6.74. The van der Waals surface area contributed by atoms with Crippen molar-refractivity contribution in [2.45, 2.75) is 0 Å². The number of hydrogen-bond acceptors (Lipinski definition) is 4. The van der Waals surface area contributed by atoms with Gasteiger partial charge in [0.05, 0.1) is 6.21 Å². The molecule has 0 atom stereocenters. The third-order valence-corrected chi connectivity index (χ3v) is 3.02. The second-order valence-corrected chi connectivity index (χ2v) is 4.03. The maximum Gasteiger partial charge on any atom is 0.449 e. The summed E-state index contributed by atoms with van der Waals surface area (Å²) in [4.78, 5) is 4.27. The third kappa shape index (κ3) is 1.55. The van der Waals surface area contributed by atoms with Crippen molar-refractivity contribution in [2.75, 3.05) is 0 Å². The Morgan fingerprint density at radius 3 is 3.20 bits per heavy atom. The zero-order valence-electron chi connectivity index (χ0n) is 7.75. The normalized spacial score (nSPS) is 12.8. The fourth-order valence-electron chi connectivity index (χ4n) is 1.47. The van der Waals surface area contributed by atoms with Crippen molar-refractivity contribution < 1.29 is 4.76 Å². The van der Waals surface area contributed by atoms with Crippen LogP contribution < -0.4 is 5.46 Å². The van der Waals surface area contributed by atoms with Crippen molar-refractivity contribution >= 4 is 30.5 Å². The number of aromatic nitrogens is 1. The lowest BCUT2D eigenvalue weighted by Crippen LogP contribution is -2.24. The van der Waals surface area contributed by atoms with Crippen LogP contribution in [0, 0.1) is 0 Å². The minimum Gasteiger partial charge on any atom is -0.468 e. The molecule has 1 aromatic carbocycles. The molecule has 0 unspecified atom stereocenters. The smallest absolute Gasteiger partial charge is 0.449 e. The summed E-state index contributed by atoms with van der Waals surface area (Å²) in [5.74, 6) is 0. The van der Waals surface area contributed by atoms with Crippen LogP contribution in [0.3, 0.4) is 0 Å². The fourth-order valence-corrected chi connectivity index (χ4v) is 2.10. The van der Waals surface area contributed by atoms with Crippen LogP contribution >= 0.6 is 11.3 Å². The van der Waals surface area contributed by atoms with E-state index in [0.717, 1.165) is 21.6 Å². The van der Waals surface area contributed by atoms with Crippen LogP contribution in [0.1, 0.15) is 5.56 Å². The van der Waals surface area contributed by atoms with Gasteiger partial charge in [0.15, 0.2) is 0 Å². The number of benzene rings is 1. The zero-order chi connectivity index (χ0) is 10.1. The number of rotatable bonds is 1. The summed E-state index contributed by atoms with van der Waals surface area (Å²) < 4.78 is 4.86. The van der Waals surface area contributed by atoms with Gasteiger partial charge >= 0.3 is 7.48 Å². The Bertz CT molecular complexity index is 510. The Morgan fingerprint density at radius 1 is 1.33 bits per heavy atom. The maximum atomic E-state index is 4.86. The molecule has 2 heterocycles. The van der Waals surface area contributed by atoms with Crippen LogP contribution in [0.25, 0.3) is 10.6 Å². The molecular formula is C10H6BN2OS. The molecule has 15 heavy (non-hydrogen) atoms. The second-order valence-electron chi connectivity index (χ2n) is 3.14. The van der Waals surface area contributed by atoms with Crippen LogP contribution in [0.15, 0.2) is 34.9 Å². The number of nitrogens with zero attached hydrogens (tertiary/aromatic N) is 2. The van der Waals surface area contributed by atoms with E-state index in [-0.39, 0.29) is 0 Å². The molecule has 3 rings (SSSR count). The van der Waals surface area contributed by atoms with Crippen LogP contribution in [0.4, 0.5) is 0 Å². The molecule has 0 N–H and O–H groups in total. The van der Waals surface area contributed by atoms with Crippen LogP contribution in [-0.4, -0.2) is 18.7 Å². The van der Waals surface area contributed by atoms with E-state index in [4.69, 9.17) is 4.76 Å². The molecule has 0 saturated carbocycles. The van der Waals surface area contributed by atoms with Crippen LogP contribution in [-0.2, 0) is 4.76 Å². The Hall–Kier alpha value is -1.62. The molecular weight excluding hydrogens is 207 g/mol. The van der Waals surface area contributed by atoms with E-state index in [0.29, 0.717) is 0 Å². The van der Waals surface area contributed by atoms with Gasteiger partial charge in [0.25, 0.3) is 0 Å². The van der Waals surface area contributed by atoms with E-state index >= 15 is 0 Å². The highest BCUT2D eigenvalue weighted by molar-refractivity contribution is 7.13. The summed E-state index contributed by atoms with van der Waals surface area (Å²) in [5.41, 5.74) is 3.23. The van der Waals surface area contributed by atoms with E-state index in [1.165, 1.54) is 0 Å². The SMILES string of the molecule is [B]1ON=Cc2cc(-c3nccs3)ccc21. The minimum atomic E-state index is 1.03. The largest absolute Gasteiger partial charge is 0.468 e. The van der Waals surface area contributed by atoms with Crippen LogP contribution in [0.2, 0.25) is 0 Å². The molecule has 1 aliphatic heterocycles. The van der Waals surface area contributed by atoms with Crippen molar-refractivity contribution in [2.24, 2.45) is 5.16 Å². The molecule has 0 amide bonds. The van der Waals surface area contributed by atoms with Crippen molar-refractivity contribution in [1.82, 2.24) is 4.98 Å². The lowest BCUT2D eigenvalue weighted by Gasteiger charge is -2.09. The van der Waals surface area contributed by atoms with Gasteiger partial charge in [0.1, 0.15) is 5.01 Å². The van der Waals surface area contributed by atoms with E-state index in [1.807, 2.05) is 23.7 Å². The zero-order valence-corrected chi connectivity index (χ0v) is 8.57. The standard InChI is InChI=1S/C10H6BN2OS/c1-2-9-8(6-13-14-11-9)5-7(1)10-12-3-4-15-10/h1-6H. The van der Waals surface area contributed by atoms with Gasteiger partial charge in [-0.1, -0.05) is 12.1 Å². The predicted molar refractivity (Wildman–Crippen MR) is 61.6 cm³/mol. The highest BCUT2D eigenvalue weighted by Gasteiger charge is 2.11. The molecule has 5 heteroatoms. The van der Waals surface area contributed by atoms with Crippen molar-refractivity contribution in [3.05, 3.63) is 35.3 Å². The first-order chi connectivity index (χ1) is 7.43. The first kappa shape index (κ1) is 8.67. The van der Waals surface area contributed by atoms with Crippen LogP contribution in [0.5, 0.6) is 0 Å². The van der Waals surface area contributed by atoms with Gasteiger partial charge in [0, 0.05) is 17.1 Å². The van der Waals surface area contributed by atoms with Gasteiger partial charge in [-0.3, -0.25) is 0 Å². The van der Waals surface area contributed by atoms with E-state index in [2.05, 4.69) is 16.2 Å². The Kier molecular flexibility index (Phi) is 2.03. The molecule has 0 aliphatic carbocycles. The molecule has 1 radical (unpaired) electrons. The maximum absolute atomic E-state index is 4.86. The molecule has 0 saturated heterocycles. The van der Waals surface area contributed by atoms with Gasteiger partial charge in [-0.05, 0) is 17.1 Å². The molecule has 3 nitrogen and oxygen atoms in total. The summed E-state index contributed by atoms with van der Waals surface area (Å²) in [6, 6.07) is 6.12. The summed E-state index contributed by atoms with van der Waals surface area (Å²) in [6.07, 6.45) is 3.52. The third-order valence-electron chi connectivity index (χ3n) is 2.20. The first-order valence-electron chi connectivity index (χ1n) is 4.50. The average molecular weight is 213 g/mol. The van der Waals surface area contributed by atoms with Gasteiger partial charge in [-0.15, -0.1) is 16.5 Å². The summed E-state index contributed by atoms with van der Waals surface area (Å²) in [6.45, 7) is 0. The monoisotopic (exact) mass is 213 g/mol. The van der Waals surface area contributed by atoms with Crippen molar-refractivity contribution in [3.63, 3.8) is 0 Å². The Balaban J connectivity index is 2.10. The molecule has 2 aromatic rings. The molecule has 0 fully saturated rings. The average Bonchev–Trinajstić information content (AvgIpc) is 2.82. The van der Waals surface area contributed by atoms with E-state index in [9.17, 15) is 0 Å². The quantitative estimate of drug-likeness (QED) is 0.671. The van der Waals surface area contributed by atoms with Crippen molar-refractivity contribution in [3.8, 4) is 10.6 Å². The van der Waals surface area contributed by atoms with Gasteiger partial charge in [-0.25, -0.2) is 4.98 Å². The second kappa shape index (κ2) is 3.51.